The molecule has 18 heteroatoms. The summed E-state index contributed by atoms with van der Waals surface area (Å²) in [4.78, 5) is 84.4. The standard InChI is InChI=1S/C39H68N10O8/c1-7-23(5)31(48-33(51)27(41)12-11-19-44-39(42)43)37(55)47-30(21-25-14-16-26(50)17-15-25)34(52)46-29(20-22(3)4)35(53)49-32(24(6)8-2)36(54)45-28(38(56)57)13-9-10-18-40/h14-17,22-24,27-32,50H,7-13,18-21,40-41H2,1-6H3,(H,45,54)(H,46,52)(H,47,55)(H,48,51)(H,49,53)(H,56,57)(H4,42,43,44)/t23-,24-,27-,28-,29-,30-,31-,32-/m0/s1. The number of guanidine groups is 1. The molecule has 0 saturated heterocycles. The number of phenolic OH excluding ortho intramolecular Hbond substituents is 1. The molecular formula is C39H68N10O8. The monoisotopic (exact) mass is 805 g/mol. The minimum absolute atomic E-state index is 0.00299. The maximum Gasteiger partial charge on any atom is 0.326 e. The van der Waals surface area contributed by atoms with Crippen LogP contribution in [0, 0.1) is 17.8 Å². The lowest BCUT2D eigenvalue weighted by Gasteiger charge is -2.30. The number of rotatable bonds is 27. The third-order valence-corrected chi connectivity index (χ3v) is 9.80. The number of unbranched alkanes of at least 4 members (excludes halogenated alkanes) is 1. The molecule has 0 aliphatic heterocycles. The third kappa shape index (κ3) is 18.7. The van der Waals surface area contributed by atoms with Gasteiger partial charge in [0, 0.05) is 13.0 Å². The van der Waals surface area contributed by atoms with Crippen molar-refractivity contribution in [2.75, 3.05) is 13.1 Å². The number of hydrogen-bond acceptors (Lipinski definition) is 10. The summed E-state index contributed by atoms with van der Waals surface area (Å²) in [6.07, 6.45) is 2.99. The van der Waals surface area contributed by atoms with Gasteiger partial charge in [-0.05, 0) is 80.5 Å². The molecule has 322 valence electrons. The first kappa shape index (κ1) is 50.0. The van der Waals surface area contributed by atoms with Crippen molar-refractivity contribution < 1.29 is 39.0 Å². The second kappa shape index (κ2) is 26.0. The highest BCUT2D eigenvalue weighted by Gasteiger charge is 2.35. The summed E-state index contributed by atoms with van der Waals surface area (Å²) in [6, 6.07) is -0.688. The van der Waals surface area contributed by atoms with Crippen molar-refractivity contribution in [3.8, 4) is 5.75 Å². The van der Waals surface area contributed by atoms with Gasteiger partial charge in [-0.15, -0.1) is 0 Å². The van der Waals surface area contributed by atoms with Crippen LogP contribution in [0.5, 0.6) is 5.75 Å². The molecule has 0 aliphatic rings. The first-order chi connectivity index (χ1) is 26.8. The molecule has 15 N–H and O–H groups in total. The average Bonchev–Trinajstić information content (AvgIpc) is 3.16. The Hall–Kier alpha value is -4.97. The van der Waals surface area contributed by atoms with Gasteiger partial charge >= 0.3 is 5.97 Å². The molecule has 1 rings (SSSR count). The largest absolute Gasteiger partial charge is 0.508 e. The fraction of sp³-hybridized carbons (Fsp3) is 0.667. The van der Waals surface area contributed by atoms with Gasteiger partial charge in [0.15, 0.2) is 5.96 Å². The second-order valence-corrected chi connectivity index (χ2v) is 15.1. The van der Waals surface area contributed by atoms with Crippen LogP contribution in [0.2, 0.25) is 0 Å². The molecular weight excluding hydrogens is 736 g/mol. The van der Waals surface area contributed by atoms with E-state index in [9.17, 15) is 39.0 Å². The van der Waals surface area contributed by atoms with Crippen molar-refractivity contribution in [1.29, 1.82) is 0 Å². The average molecular weight is 805 g/mol. The zero-order valence-electron chi connectivity index (χ0n) is 34.4. The second-order valence-electron chi connectivity index (χ2n) is 15.1. The Morgan fingerprint density at radius 1 is 0.684 bits per heavy atom. The zero-order valence-corrected chi connectivity index (χ0v) is 34.4. The Bertz CT molecular complexity index is 1470. The van der Waals surface area contributed by atoms with Gasteiger partial charge in [-0.2, -0.15) is 0 Å². The van der Waals surface area contributed by atoms with Crippen LogP contribution in [0.1, 0.15) is 98.5 Å². The summed E-state index contributed by atoms with van der Waals surface area (Å²) in [5.74, 6) is -5.43. The third-order valence-electron chi connectivity index (χ3n) is 9.80. The predicted octanol–water partition coefficient (Wildman–Crippen LogP) is 0.0915. The van der Waals surface area contributed by atoms with Crippen LogP contribution < -0.4 is 49.5 Å². The molecule has 0 unspecified atom stereocenters. The quantitative estimate of drug-likeness (QED) is 0.0320. The van der Waals surface area contributed by atoms with Crippen molar-refractivity contribution in [2.24, 2.45) is 45.7 Å². The highest BCUT2D eigenvalue weighted by Crippen LogP contribution is 2.16. The lowest BCUT2D eigenvalue weighted by atomic mass is 9.95. The lowest BCUT2D eigenvalue weighted by molar-refractivity contribution is -0.143. The van der Waals surface area contributed by atoms with Gasteiger partial charge in [0.05, 0.1) is 6.04 Å². The number of carboxylic acids is 1. The van der Waals surface area contributed by atoms with E-state index in [-0.39, 0.29) is 55.8 Å². The number of aliphatic imine (C=N–C) groups is 1. The van der Waals surface area contributed by atoms with Crippen molar-refractivity contribution >= 4 is 41.5 Å². The molecule has 0 spiro atoms. The zero-order chi connectivity index (χ0) is 43.2. The first-order valence-corrected chi connectivity index (χ1v) is 19.9. The number of nitrogens with two attached hydrogens (primary N) is 4. The number of nitrogens with zero attached hydrogens (tertiary/aromatic N) is 1. The molecule has 0 aromatic heterocycles. The van der Waals surface area contributed by atoms with E-state index in [1.54, 1.807) is 26.0 Å². The minimum Gasteiger partial charge on any atom is -0.508 e. The van der Waals surface area contributed by atoms with Crippen LogP contribution in [-0.2, 0) is 35.2 Å². The number of aromatic hydroxyl groups is 1. The molecule has 0 radical (unpaired) electrons. The van der Waals surface area contributed by atoms with Crippen LogP contribution in [0.25, 0.3) is 0 Å². The van der Waals surface area contributed by atoms with E-state index in [1.807, 2.05) is 27.7 Å². The number of carboxylic acid groups (broad SMARTS) is 1. The highest BCUT2D eigenvalue weighted by molar-refractivity contribution is 5.96. The van der Waals surface area contributed by atoms with Crippen molar-refractivity contribution in [1.82, 2.24) is 26.6 Å². The van der Waals surface area contributed by atoms with Gasteiger partial charge in [-0.25, -0.2) is 4.79 Å². The van der Waals surface area contributed by atoms with Gasteiger partial charge in [0.25, 0.3) is 0 Å². The Morgan fingerprint density at radius 2 is 1.19 bits per heavy atom. The summed E-state index contributed by atoms with van der Waals surface area (Å²) in [7, 11) is 0. The molecule has 0 heterocycles. The summed E-state index contributed by atoms with van der Waals surface area (Å²) < 4.78 is 0. The fourth-order valence-corrected chi connectivity index (χ4v) is 5.89. The maximum absolute atomic E-state index is 14.1. The normalized spacial score (nSPS) is 15.4. The number of nitrogens with one attached hydrogen (secondary N) is 5. The van der Waals surface area contributed by atoms with Crippen LogP contribution >= 0.6 is 0 Å². The molecule has 0 saturated carbocycles. The Morgan fingerprint density at radius 3 is 1.68 bits per heavy atom. The number of carbonyl (C=O) groups excluding carboxylic acids is 5. The minimum atomic E-state index is -1.25. The van der Waals surface area contributed by atoms with E-state index in [4.69, 9.17) is 22.9 Å². The lowest BCUT2D eigenvalue weighted by Crippen LogP contribution is -2.61. The first-order valence-electron chi connectivity index (χ1n) is 19.9. The maximum atomic E-state index is 14.1. The van der Waals surface area contributed by atoms with Crippen LogP contribution in [-0.4, -0.2) is 101 Å². The van der Waals surface area contributed by atoms with E-state index < -0.39 is 77.7 Å². The molecule has 0 fully saturated rings. The van der Waals surface area contributed by atoms with Gasteiger partial charge in [0.1, 0.15) is 36.0 Å². The SMILES string of the molecule is CC[C@H](C)[C@H](NC(=O)[C@H](CC(C)C)NC(=O)[C@H](Cc1ccc(O)cc1)NC(=O)[C@@H](NC(=O)[C@@H](N)CCCN=C(N)N)[C@@H](C)CC)C(=O)N[C@@H](CCCCN)C(=O)O. The Kier molecular flexibility index (Phi) is 22.9. The number of carbonyl (C=O) groups is 6. The van der Waals surface area contributed by atoms with E-state index in [0.717, 1.165) is 0 Å². The van der Waals surface area contributed by atoms with Crippen molar-refractivity contribution in [3.05, 3.63) is 29.8 Å². The van der Waals surface area contributed by atoms with Crippen LogP contribution in [0.15, 0.2) is 29.3 Å². The van der Waals surface area contributed by atoms with Gasteiger partial charge in [-0.1, -0.05) is 66.5 Å². The predicted molar refractivity (Wildman–Crippen MR) is 218 cm³/mol. The molecule has 1 aromatic rings. The molecule has 18 nitrogen and oxygen atoms in total. The number of hydrogen-bond donors (Lipinski definition) is 11. The summed E-state index contributed by atoms with van der Waals surface area (Å²) in [5, 5.41) is 33.2. The van der Waals surface area contributed by atoms with Gasteiger partial charge < -0.3 is 59.7 Å². The smallest absolute Gasteiger partial charge is 0.326 e. The van der Waals surface area contributed by atoms with Gasteiger partial charge in [0.2, 0.25) is 29.5 Å². The van der Waals surface area contributed by atoms with E-state index in [1.165, 1.54) is 12.1 Å². The van der Waals surface area contributed by atoms with Crippen molar-refractivity contribution in [2.45, 2.75) is 136 Å². The number of benzene rings is 1. The Balaban J connectivity index is 3.39. The molecule has 5 amide bonds. The highest BCUT2D eigenvalue weighted by atomic mass is 16.4. The van der Waals surface area contributed by atoms with E-state index >= 15 is 0 Å². The van der Waals surface area contributed by atoms with Crippen LogP contribution in [0.4, 0.5) is 0 Å². The van der Waals surface area contributed by atoms with E-state index in [0.29, 0.717) is 44.2 Å². The van der Waals surface area contributed by atoms with Crippen molar-refractivity contribution in [3.63, 3.8) is 0 Å². The topological polar surface area (TPSA) is 319 Å². The number of phenols is 1. The van der Waals surface area contributed by atoms with Gasteiger partial charge in [-0.3, -0.25) is 29.0 Å². The van der Waals surface area contributed by atoms with E-state index in [2.05, 4.69) is 31.6 Å². The Labute approximate surface area is 336 Å². The number of amides is 5. The van der Waals surface area contributed by atoms with Crippen LogP contribution in [0.3, 0.4) is 0 Å². The summed E-state index contributed by atoms with van der Waals surface area (Å²) >= 11 is 0. The molecule has 0 bridgehead atoms. The molecule has 0 aliphatic carbocycles. The number of aliphatic carboxylic acids is 1. The summed E-state index contributed by atoms with van der Waals surface area (Å²) in [6.45, 7) is 11.6. The molecule has 1 aromatic carbocycles. The molecule has 57 heavy (non-hydrogen) atoms. The fourth-order valence-electron chi connectivity index (χ4n) is 5.89. The summed E-state index contributed by atoms with van der Waals surface area (Å²) in [5.41, 5.74) is 23.0. The molecule has 8 atom stereocenters.